The van der Waals surface area contributed by atoms with Crippen molar-refractivity contribution in [1.82, 2.24) is 5.06 Å². The van der Waals surface area contributed by atoms with Crippen LogP contribution in [0.2, 0.25) is 0 Å². The van der Waals surface area contributed by atoms with Gasteiger partial charge in [-0.15, -0.1) is 0 Å². The van der Waals surface area contributed by atoms with Crippen LogP contribution in [0.5, 0.6) is 0 Å². The summed E-state index contributed by atoms with van der Waals surface area (Å²) in [5.74, 6) is -0.322. The second-order valence-corrected chi connectivity index (χ2v) is 10.4. The van der Waals surface area contributed by atoms with E-state index in [4.69, 9.17) is 14.4 Å². The first-order valence-corrected chi connectivity index (χ1v) is 11.8. The Bertz CT molecular complexity index is 789. The summed E-state index contributed by atoms with van der Waals surface area (Å²) in [4.78, 5) is 24.1. The first-order chi connectivity index (χ1) is 14.9. The maximum atomic E-state index is 12.0. The molecule has 1 aromatic rings. The summed E-state index contributed by atoms with van der Waals surface area (Å²) < 4.78 is 5.32. The van der Waals surface area contributed by atoms with Crippen LogP contribution in [0.1, 0.15) is 93.2 Å². The summed E-state index contributed by atoms with van der Waals surface area (Å²) in [6, 6.07) is 10.3. The minimum Gasteiger partial charge on any atom is -0.457 e. The molecule has 6 heteroatoms. The van der Waals surface area contributed by atoms with Crippen molar-refractivity contribution >= 4 is 11.7 Å². The van der Waals surface area contributed by atoms with E-state index in [0.29, 0.717) is 6.42 Å². The number of carbonyl (C=O) groups is 1. The molecule has 2 rings (SSSR count). The van der Waals surface area contributed by atoms with E-state index in [1.54, 1.807) is 0 Å². The molecule has 0 N–H and O–H groups in total. The quantitative estimate of drug-likeness (QED) is 0.358. The lowest BCUT2D eigenvalue weighted by molar-refractivity contribution is -0.310. The number of hydrogen-bond donors (Lipinski definition) is 0. The second kappa shape index (κ2) is 10.3. The van der Waals surface area contributed by atoms with Crippen molar-refractivity contribution in [2.45, 2.75) is 104 Å². The van der Waals surface area contributed by atoms with Crippen LogP contribution in [-0.4, -0.2) is 40.0 Å². The van der Waals surface area contributed by atoms with Gasteiger partial charge < -0.3 is 9.57 Å². The first kappa shape index (κ1) is 26.3. The molecule has 1 saturated heterocycles. The molecule has 1 heterocycles. The van der Waals surface area contributed by atoms with Gasteiger partial charge in [0, 0.05) is 17.9 Å². The number of rotatable bonds is 8. The third kappa shape index (κ3) is 6.10. The van der Waals surface area contributed by atoms with Crippen LogP contribution < -0.4 is 0 Å². The Balaban J connectivity index is 2.24. The standard InChI is InChI=1S/C26H42N2O4/c1-10-25(8)17-22(27-30-18-23(29)31-24(5,6)7)19(3)26(9,11-2)28(25)32-20(4)21-15-13-12-14-16-21/h12-16,19-20H,10-11,17-18H2,1-9H3/b27-22-. The van der Waals surface area contributed by atoms with E-state index in [9.17, 15) is 4.79 Å². The fourth-order valence-corrected chi connectivity index (χ4v) is 4.33. The molecular weight excluding hydrogens is 404 g/mol. The predicted molar refractivity (Wildman–Crippen MR) is 128 cm³/mol. The van der Waals surface area contributed by atoms with Crippen LogP contribution in [0.4, 0.5) is 0 Å². The SMILES string of the molecule is CCC1(C)C/C(=N/OCC(=O)OC(C)(C)C)C(C)C(C)(CC)N1OC(C)c1ccccc1. The van der Waals surface area contributed by atoms with E-state index >= 15 is 0 Å². The van der Waals surface area contributed by atoms with Gasteiger partial charge in [-0.2, -0.15) is 5.06 Å². The zero-order chi connectivity index (χ0) is 24.2. The van der Waals surface area contributed by atoms with E-state index in [0.717, 1.165) is 24.1 Å². The molecule has 0 aromatic heterocycles. The molecule has 4 unspecified atom stereocenters. The van der Waals surface area contributed by atoms with E-state index in [2.05, 4.69) is 63.9 Å². The van der Waals surface area contributed by atoms with Gasteiger partial charge in [-0.05, 0) is 59.9 Å². The lowest BCUT2D eigenvalue weighted by Crippen LogP contribution is -2.66. The van der Waals surface area contributed by atoms with Crippen molar-refractivity contribution in [2.24, 2.45) is 11.1 Å². The van der Waals surface area contributed by atoms with Crippen molar-refractivity contribution in [1.29, 1.82) is 0 Å². The van der Waals surface area contributed by atoms with Gasteiger partial charge in [-0.25, -0.2) is 4.79 Å². The van der Waals surface area contributed by atoms with Gasteiger partial charge in [0.25, 0.3) is 0 Å². The summed E-state index contributed by atoms with van der Waals surface area (Å²) in [5.41, 5.74) is 1.03. The normalized spacial score (nSPS) is 29.0. The Labute approximate surface area is 194 Å². The lowest BCUT2D eigenvalue weighted by Gasteiger charge is -2.57. The Morgan fingerprint density at radius 1 is 1.19 bits per heavy atom. The molecule has 1 aromatic carbocycles. The molecule has 0 spiro atoms. The van der Waals surface area contributed by atoms with Crippen molar-refractivity contribution in [3.63, 3.8) is 0 Å². The van der Waals surface area contributed by atoms with Crippen LogP contribution >= 0.6 is 0 Å². The number of oxime groups is 1. The molecule has 0 bridgehead atoms. The van der Waals surface area contributed by atoms with Crippen LogP contribution in [-0.2, 0) is 19.2 Å². The zero-order valence-corrected chi connectivity index (χ0v) is 21.4. The molecule has 1 aliphatic heterocycles. The average molecular weight is 447 g/mol. The average Bonchev–Trinajstić information content (AvgIpc) is 2.74. The molecule has 0 radical (unpaired) electrons. The second-order valence-electron chi connectivity index (χ2n) is 10.4. The third-order valence-corrected chi connectivity index (χ3v) is 6.74. The van der Waals surface area contributed by atoms with Crippen LogP contribution in [0.3, 0.4) is 0 Å². The van der Waals surface area contributed by atoms with Gasteiger partial charge in [0.2, 0.25) is 6.61 Å². The van der Waals surface area contributed by atoms with E-state index in [1.165, 1.54) is 0 Å². The van der Waals surface area contributed by atoms with Crippen LogP contribution in [0.25, 0.3) is 0 Å². The number of piperidine rings is 1. The van der Waals surface area contributed by atoms with Crippen molar-refractivity contribution < 1.29 is 19.2 Å². The van der Waals surface area contributed by atoms with E-state index < -0.39 is 11.6 Å². The van der Waals surface area contributed by atoms with Gasteiger partial charge in [-0.3, -0.25) is 4.84 Å². The Morgan fingerprint density at radius 2 is 1.81 bits per heavy atom. The van der Waals surface area contributed by atoms with Crippen molar-refractivity contribution in [3.8, 4) is 0 Å². The van der Waals surface area contributed by atoms with E-state index in [1.807, 2.05) is 39.0 Å². The van der Waals surface area contributed by atoms with Gasteiger partial charge in [0.1, 0.15) is 11.7 Å². The highest BCUT2D eigenvalue weighted by molar-refractivity contribution is 5.89. The minimum absolute atomic E-state index is 0.0675. The molecule has 0 amide bonds. The number of carbonyl (C=O) groups excluding carboxylic acids is 1. The smallest absolute Gasteiger partial charge is 0.347 e. The number of ether oxygens (including phenoxy) is 1. The summed E-state index contributed by atoms with van der Waals surface area (Å²) >= 11 is 0. The molecule has 4 atom stereocenters. The highest BCUT2D eigenvalue weighted by Crippen LogP contribution is 2.46. The Hall–Kier alpha value is -1.92. The van der Waals surface area contributed by atoms with Gasteiger partial charge in [0.15, 0.2) is 0 Å². The Kier molecular flexibility index (Phi) is 8.51. The molecule has 1 aliphatic rings. The predicted octanol–water partition coefficient (Wildman–Crippen LogP) is 6.07. The van der Waals surface area contributed by atoms with Gasteiger partial charge in [0.05, 0.1) is 11.3 Å². The highest BCUT2D eigenvalue weighted by atomic mass is 16.7. The highest BCUT2D eigenvalue weighted by Gasteiger charge is 2.53. The zero-order valence-electron chi connectivity index (χ0n) is 21.4. The van der Waals surface area contributed by atoms with E-state index in [-0.39, 0.29) is 29.7 Å². The minimum atomic E-state index is -0.541. The topological polar surface area (TPSA) is 60.4 Å². The molecule has 0 aliphatic carbocycles. The number of hydroxylamine groups is 2. The summed E-state index contributed by atoms with van der Waals surface area (Å²) in [6.45, 7) is 18.4. The number of nitrogens with zero attached hydrogens (tertiary/aromatic N) is 2. The van der Waals surface area contributed by atoms with Crippen molar-refractivity contribution in [3.05, 3.63) is 35.9 Å². The number of esters is 1. The summed E-state index contributed by atoms with van der Waals surface area (Å²) in [7, 11) is 0. The fraction of sp³-hybridized carbons (Fsp3) is 0.692. The molecule has 0 saturated carbocycles. The molecule has 6 nitrogen and oxygen atoms in total. The summed E-state index contributed by atoms with van der Waals surface area (Å²) in [5, 5.41) is 6.64. The maximum Gasteiger partial charge on any atom is 0.347 e. The summed E-state index contributed by atoms with van der Waals surface area (Å²) in [6.07, 6.45) is 2.41. The van der Waals surface area contributed by atoms with Crippen molar-refractivity contribution in [2.75, 3.05) is 6.61 Å². The lowest BCUT2D eigenvalue weighted by atomic mass is 9.70. The molecular formula is C26H42N2O4. The monoisotopic (exact) mass is 446 g/mol. The number of hydrogen-bond acceptors (Lipinski definition) is 6. The first-order valence-electron chi connectivity index (χ1n) is 11.8. The molecule has 1 fully saturated rings. The molecule has 180 valence electrons. The molecule has 32 heavy (non-hydrogen) atoms. The number of benzene rings is 1. The Morgan fingerprint density at radius 3 is 2.34 bits per heavy atom. The van der Waals surface area contributed by atoms with Gasteiger partial charge in [-0.1, -0.05) is 56.3 Å². The third-order valence-electron chi connectivity index (χ3n) is 6.74. The fourth-order valence-electron chi connectivity index (χ4n) is 4.33. The maximum absolute atomic E-state index is 12.0. The van der Waals surface area contributed by atoms with Crippen LogP contribution in [0.15, 0.2) is 35.5 Å². The van der Waals surface area contributed by atoms with Crippen LogP contribution in [0, 0.1) is 5.92 Å². The largest absolute Gasteiger partial charge is 0.457 e. The van der Waals surface area contributed by atoms with Gasteiger partial charge >= 0.3 is 5.97 Å².